The highest BCUT2D eigenvalue weighted by atomic mass is 32.2. The van der Waals surface area contributed by atoms with Gasteiger partial charge in [-0.15, -0.1) is 0 Å². The number of amides is 3. The van der Waals surface area contributed by atoms with Gasteiger partial charge in [0.05, 0.1) is 20.5 Å². The molecule has 1 aliphatic rings. The van der Waals surface area contributed by atoms with Crippen LogP contribution < -0.4 is 15.4 Å². The number of benzene rings is 2. The quantitative estimate of drug-likeness (QED) is 0.499. The molecule has 0 aromatic heterocycles. The van der Waals surface area contributed by atoms with Gasteiger partial charge in [0.15, 0.2) is 0 Å². The Bertz CT molecular complexity index is 1170. The van der Waals surface area contributed by atoms with Crippen molar-refractivity contribution in [2.45, 2.75) is 18.5 Å². The summed E-state index contributed by atoms with van der Waals surface area (Å²) in [5, 5.41) is 5.35. The Morgan fingerprint density at radius 2 is 1.69 bits per heavy atom. The summed E-state index contributed by atoms with van der Waals surface area (Å²) in [5.74, 6) is -0.751. The van der Waals surface area contributed by atoms with E-state index in [9.17, 15) is 22.8 Å². The van der Waals surface area contributed by atoms with Crippen molar-refractivity contribution in [3.63, 3.8) is 0 Å². The lowest BCUT2D eigenvalue weighted by molar-refractivity contribution is -0.145. The fraction of sp³-hybridized carbons (Fsp3) is 0.375. The summed E-state index contributed by atoms with van der Waals surface area (Å²) >= 11 is 0. The van der Waals surface area contributed by atoms with Crippen molar-refractivity contribution in [1.82, 2.24) is 14.5 Å². The van der Waals surface area contributed by atoms with Gasteiger partial charge in [-0.05, 0) is 29.8 Å². The van der Waals surface area contributed by atoms with E-state index in [0.29, 0.717) is 11.4 Å². The molecule has 1 heterocycles. The molecular weight excluding hydrogens is 488 g/mol. The van der Waals surface area contributed by atoms with Crippen molar-refractivity contribution >= 4 is 33.6 Å². The fourth-order valence-corrected chi connectivity index (χ4v) is 4.92. The predicted molar refractivity (Wildman–Crippen MR) is 133 cm³/mol. The first-order valence-electron chi connectivity index (χ1n) is 11.2. The smallest absolute Gasteiger partial charge is 0.328 e. The Morgan fingerprint density at radius 3 is 2.28 bits per heavy atom. The number of nitrogens with one attached hydrogen (secondary N) is 2. The molecule has 0 unspecified atom stereocenters. The van der Waals surface area contributed by atoms with Gasteiger partial charge in [0.25, 0.3) is 0 Å². The molecule has 1 aliphatic heterocycles. The average molecular weight is 519 g/mol. The lowest BCUT2D eigenvalue weighted by atomic mass is 10.0. The number of sulfonamides is 1. The molecule has 2 aromatic rings. The minimum atomic E-state index is -3.77. The van der Waals surface area contributed by atoms with E-state index in [2.05, 4.69) is 10.6 Å². The van der Waals surface area contributed by atoms with Gasteiger partial charge in [-0.2, -0.15) is 4.31 Å². The number of carbonyl (C=O) groups excluding carboxylic acids is 3. The highest BCUT2D eigenvalue weighted by Crippen LogP contribution is 2.17. The zero-order valence-corrected chi connectivity index (χ0v) is 21.2. The van der Waals surface area contributed by atoms with Crippen LogP contribution in [0.15, 0.2) is 54.6 Å². The fourth-order valence-electron chi connectivity index (χ4n) is 3.89. The maximum Gasteiger partial charge on any atom is 0.328 e. The Morgan fingerprint density at radius 1 is 1.03 bits per heavy atom. The van der Waals surface area contributed by atoms with Crippen LogP contribution in [0.25, 0.3) is 0 Å². The number of nitrogens with zero attached hydrogens (tertiary/aromatic N) is 2. The standard InChI is InChI=1S/C24H30N4O7S/c1-34-19-11-9-17(10-12-19)15-20(23(30)35-2)26-22(29)21-16-27(13-14-28(21)36(3,32)33)24(31)25-18-7-5-4-6-8-18/h4-12,20-21H,13-16H2,1-3H3,(H,25,31)(H,26,29)/t20-,21-/m0/s1. The SMILES string of the molecule is COC(=O)[C@H](Cc1ccc(OC)cc1)NC(=O)[C@@H]1CN(C(=O)Nc2ccccc2)CCN1S(C)(=O)=O. The van der Waals surface area contributed by atoms with Crippen molar-refractivity contribution in [1.29, 1.82) is 0 Å². The van der Waals surface area contributed by atoms with E-state index >= 15 is 0 Å². The monoisotopic (exact) mass is 518 g/mol. The third-order valence-corrected chi connectivity index (χ3v) is 7.06. The van der Waals surface area contributed by atoms with Crippen LogP contribution in [-0.2, 0) is 30.8 Å². The number of carbonyl (C=O) groups is 3. The van der Waals surface area contributed by atoms with E-state index in [1.54, 1.807) is 48.5 Å². The topological polar surface area (TPSA) is 134 Å². The second kappa shape index (κ2) is 11.9. The largest absolute Gasteiger partial charge is 0.497 e. The van der Waals surface area contributed by atoms with Crippen LogP contribution in [0.1, 0.15) is 5.56 Å². The Kier molecular flexibility index (Phi) is 8.88. The van der Waals surface area contributed by atoms with Crippen molar-refractivity contribution < 1.29 is 32.3 Å². The number of methoxy groups -OCH3 is 2. The Balaban J connectivity index is 1.77. The maximum absolute atomic E-state index is 13.3. The van der Waals surface area contributed by atoms with Crippen LogP contribution in [-0.4, -0.2) is 87.7 Å². The zero-order valence-electron chi connectivity index (χ0n) is 20.3. The molecule has 2 N–H and O–H groups in total. The molecule has 1 saturated heterocycles. The average Bonchev–Trinajstić information content (AvgIpc) is 2.87. The number of rotatable bonds is 8. The minimum absolute atomic E-state index is 0.0689. The van der Waals surface area contributed by atoms with Crippen molar-refractivity contribution in [2.75, 3.05) is 45.4 Å². The van der Waals surface area contributed by atoms with Crippen LogP contribution in [0.2, 0.25) is 0 Å². The van der Waals surface area contributed by atoms with Crippen LogP contribution in [0.5, 0.6) is 5.75 Å². The van der Waals surface area contributed by atoms with Gasteiger partial charge in [0.2, 0.25) is 15.9 Å². The molecule has 194 valence electrons. The number of para-hydroxylation sites is 1. The predicted octanol–water partition coefficient (Wildman–Crippen LogP) is 1.07. The van der Waals surface area contributed by atoms with Gasteiger partial charge in [-0.25, -0.2) is 18.0 Å². The molecule has 3 rings (SSSR count). The van der Waals surface area contributed by atoms with E-state index in [4.69, 9.17) is 9.47 Å². The number of esters is 1. The minimum Gasteiger partial charge on any atom is -0.497 e. The van der Waals surface area contributed by atoms with Gasteiger partial charge in [-0.3, -0.25) is 4.79 Å². The van der Waals surface area contributed by atoms with Crippen LogP contribution in [0, 0.1) is 0 Å². The molecule has 0 bridgehead atoms. The third kappa shape index (κ3) is 6.95. The molecule has 0 radical (unpaired) electrons. The van der Waals surface area contributed by atoms with E-state index in [1.807, 2.05) is 6.07 Å². The number of anilines is 1. The van der Waals surface area contributed by atoms with Crippen molar-refractivity contribution in [2.24, 2.45) is 0 Å². The molecule has 11 nitrogen and oxygen atoms in total. The molecule has 0 saturated carbocycles. The van der Waals surface area contributed by atoms with Crippen LogP contribution in [0.4, 0.5) is 10.5 Å². The summed E-state index contributed by atoms with van der Waals surface area (Å²) in [4.78, 5) is 39.9. The summed E-state index contributed by atoms with van der Waals surface area (Å²) in [6, 6.07) is 13.0. The van der Waals surface area contributed by atoms with Gasteiger partial charge in [-0.1, -0.05) is 30.3 Å². The highest BCUT2D eigenvalue weighted by molar-refractivity contribution is 7.88. The number of ether oxygens (including phenoxy) is 2. The van der Waals surface area contributed by atoms with Gasteiger partial charge < -0.3 is 25.0 Å². The Hall–Kier alpha value is -3.64. The lowest BCUT2D eigenvalue weighted by Crippen LogP contribution is -2.63. The summed E-state index contributed by atoms with van der Waals surface area (Å²) < 4.78 is 35.9. The summed E-state index contributed by atoms with van der Waals surface area (Å²) in [6.07, 6.45) is 1.12. The molecule has 12 heteroatoms. The first-order valence-corrected chi connectivity index (χ1v) is 13.1. The number of urea groups is 1. The van der Waals surface area contributed by atoms with Gasteiger partial charge in [0, 0.05) is 31.7 Å². The van der Waals surface area contributed by atoms with E-state index in [1.165, 1.54) is 19.1 Å². The maximum atomic E-state index is 13.3. The molecular formula is C24H30N4O7S. The second-order valence-electron chi connectivity index (χ2n) is 8.27. The van der Waals surface area contributed by atoms with Crippen LogP contribution in [0.3, 0.4) is 0 Å². The molecule has 3 amide bonds. The Labute approximate surface area is 210 Å². The summed E-state index contributed by atoms with van der Waals surface area (Å²) in [5.41, 5.74) is 1.30. The van der Waals surface area contributed by atoms with Crippen molar-refractivity contribution in [3.8, 4) is 5.75 Å². The molecule has 0 spiro atoms. The molecule has 2 atom stereocenters. The third-order valence-electron chi connectivity index (χ3n) is 5.77. The van der Waals surface area contributed by atoms with E-state index < -0.39 is 40.0 Å². The zero-order chi connectivity index (χ0) is 26.3. The van der Waals surface area contributed by atoms with Crippen LogP contribution >= 0.6 is 0 Å². The number of piperazine rings is 1. The number of hydrogen-bond acceptors (Lipinski definition) is 7. The number of hydrogen-bond donors (Lipinski definition) is 2. The second-order valence-corrected chi connectivity index (χ2v) is 10.2. The van der Waals surface area contributed by atoms with Gasteiger partial charge >= 0.3 is 12.0 Å². The molecule has 0 aliphatic carbocycles. The molecule has 1 fully saturated rings. The van der Waals surface area contributed by atoms with E-state index in [0.717, 1.165) is 16.1 Å². The lowest BCUT2D eigenvalue weighted by Gasteiger charge is -2.39. The highest BCUT2D eigenvalue weighted by Gasteiger charge is 2.40. The molecule has 2 aromatic carbocycles. The first-order chi connectivity index (χ1) is 17.1. The van der Waals surface area contributed by atoms with E-state index in [-0.39, 0.29) is 26.1 Å². The van der Waals surface area contributed by atoms with Crippen molar-refractivity contribution in [3.05, 3.63) is 60.2 Å². The van der Waals surface area contributed by atoms with Gasteiger partial charge in [0.1, 0.15) is 17.8 Å². The summed E-state index contributed by atoms with van der Waals surface area (Å²) in [7, 11) is -1.03. The molecule has 36 heavy (non-hydrogen) atoms. The normalized spacial score (nSPS) is 17.1. The first kappa shape index (κ1) is 27.0. The summed E-state index contributed by atoms with van der Waals surface area (Å²) in [6.45, 7) is -0.156.